The smallest absolute Gasteiger partial charge is 0.354 e. The van der Waals surface area contributed by atoms with Crippen LogP contribution in [0.2, 0.25) is 5.02 Å². The van der Waals surface area contributed by atoms with Gasteiger partial charge in [-0.25, -0.2) is 19.1 Å². The Kier molecular flexibility index (Phi) is 8.52. The van der Waals surface area contributed by atoms with E-state index >= 15 is 0 Å². The third-order valence-electron chi connectivity index (χ3n) is 5.65. The predicted molar refractivity (Wildman–Crippen MR) is 144 cm³/mol. The SMILES string of the molecule is COC(=O)CCn1c(=O)nc(Nc2ccc(Oc3ccc(C(C)=O)cn3)cc2)n(Cc2ccc(Cl)cc2)c1=O. The number of anilines is 2. The Morgan fingerprint density at radius 3 is 2.31 bits per heavy atom. The molecule has 39 heavy (non-hydrogen) atoms. The number of carbonyl (C=O) groups excluding carboxylic acids is 2. The average Bonchev–Trinajstić information content (AvgIpc) is 2.93. The molecule has 2 aromatic carbocycles. The van der Waals surface area contributed by atoms with E-state index in [2.05, 4.69) is 20.0 Å². The van der Waals surface area contributed by atoms with Crippen molar-refractivity contribution in [2.75, 3.05) is 12.4 Å². The van der Waals surface area contributed by atoms with E-state index in [-0.39, 0.29) is 31.2 Å². The molecular weight excluding hydrogens is 526 g/mol. The highest BCUT2D eigenvalue weighted by molar-refractivity contribution is 6.30. The van der Waals surface area contributed by atoms with Gasteiger partial charge >= 0.3 is 17.3 Å². The van der Waals surface area contributed by atoms with E-state index in [1.165, 1.54) is 24.8 Å². The fourth-order valence-corrected chi connectivity index (χ4v) is 3.67. The minimum Gasteiger partial charge on any atom is -0.469 e. The molecule has 0 amide bonds. The average molecular weight is 550 g/mol. The van der Waals surface area contributed by atoms with Gasteiger partial charge in [0.15, 0.2) is 5.78 Å². The van der Waals surface area contributed by atoms with E-state index in [1.807, 2.05) is 0 Å². The van der Waals surface area contributed by atoms with Crippen LogP contribution in [0.4, 0.5) is 11.6 Å². The minimum absolute atomic E-state index is 0.0180. The van der Waals surface area contributed by atoms with Crippen molar-refractivity contribution < 1.29 is 19.1 Å². The highest BCUT2D eigenvalue weighted by atomic mass is 35.5. The number of aromatic nitrogens is 4. The molecule has 0 atom stereocenters. The Morgan fingerprint density at radius 1 is 0.974 bits per heavy atom. The number of ketones is 1. The van der Waals surface area contributed by atoms with E-state index in [1.54, 1.807) is 60.7 Å². The Hall–Kier alpha value is -4.77. The van der Waals surface area contributed by atoms with Crippen LogP contribution in [0.15, 0.2) is 76.4 Å². The van der Waals surface area contributed by atoms with Crippen molar-refractivity contribution in [3.05, 3.63) is 104 Å². The van der Waals surface area contributed by atoms with Gasteiger partial charge in [0, 0.05) is 35.1 Å². The highest BCUT2D eigenvalue weighted by Crippen LogP contribution is 2.23. The van der Waals surface area contributed by atoms with Crippen LogP contribution in [-0.4, -0.2) is 38.0 Å². The molecule has 2 heterocycles. The third-order valence-corrected chi connectivity index (χ3v) is 5.90. The predicted octanol–water partition coefficient (Wildman–Crippen LogP) is 3.80. The number of ether oxygens (including phenoxy) is 2. The van der Waals surface area contributed by atoms with Gasteiger partial charge in [0.25, 0.3) is 0 Å². The summed E-state index contributed by atoms with van der Waals surface area (Å²) in [6.45, 7) is 1.37. The molecular formula is C27H24ClN5O6. The third kappa shape index (κ3) is 6.96. The summed E-state index contributed by atoms with van der Waals surface area (Å²) in [5.41, 5.74) is 0.309. The first kappa shape index (κ1) is 27.3. The Morgan fingerprint density at radius 2 is 1.69 bits per heavy atom. The van der Waals surface area contributed by atoms with Crippen LogP contribution in [-0.2, 0) is 22.6 Å². The monoisotopic (exact) mass is 549 g/mol. The summed E-state index contributed by atoms with van der Waals surface area (Å²) in [5.74, 6) is 0.163. The van der Waals surface area contributed by atoms with Gasteiger partial charge in [-0.15, -0.1) is 0 Å². The Bertz CT molecular complexity index is 1600. The number of benzene rings is 2. The maximum absolute atomic E-state index is 13.3. The molecule has 12 heteroatoms. The fraction of sp³-hybridized carbons (Fsp3) is 0.185. The largest absolute Gasteiger partial charge is 0.469 e. The summed E-state index contributed by atoms with van der Waals surface area (Å²) in [5, 5.41) is 3.55. The second kappa shape index (κ2) is 12.2. The topological polar surface area (TPSA) is 134 Å². The fourth-order valence-electron chi connectivity index (χ4n) is 3.54. The summed E-state index contributed by atoms with van der Waals surface area (Å²) < 4.78 is 12.5. The maximum Gasteiger partial charge on any atom is 0.354 e. The van der Waals surface area contributed by atoms with Gasteiger partial charge in [-0.2, -0.15) is 4.98 Å². The van der Waals surface area contributed by atoms with Crippen molar-refractivity contribution >= 4 is 35.0 Å². The summed E-state index contributed by atoms with van der Waals surface area (Å²) in [7, 11) is 1.23. The molecule has 0 aliphatic heterocycles. The molecule has 11 nitrogen and oxygen atoms in total. The zero-order valence-corrected chi connectivity index (χ0v) is 21.8. The number of hydrogen-bond donors (Lipinski definition) is 1. The van der Waals surface area contributed by atoms with Gasteiger partial charge < -0.3 is 14.8 Å². The number of rotatable bonds is 10. The van der Waals surface area contributed by atoms with Crippen LogP contribution in [0.25, 0.3) is 0 Å². The number of halogens is 1. The number of methoxy groups -OCH3 is 1. The van der Waals surface area contributed by atoms with Crippen LogP contribution in [0.1, 0.15) is 29.3 Å². The normalized spacial score (nSPS) is 10.6. The molecule has 0 aliphatic carbocycles. The molecule has 0 spiro atoms. The van der Waals surface area contributed by atoms with Crippen molar-refractivity contribution in [3.63, 3.8) is 0 Å². The van der Waals surface area contributed by atoms with Gasteiger partial charge in [0.05, 0.1) is 20.1 Å². The molecule has 4 rings (SSSR count). The summed E-state index contributed by atoms with van der Waals surface area (Å²) in [4.78, 5) is 57.2. The second-order valence-corrected chi connectivity index (χ2v) is 8.82. The zero-order chi connectivity index (χ0) is 27.9. The molecule has 0 aliphatic rings. The Labute approximate surface area is 227 Å². The molecule has 0 unspecified atom stereocenters. The van der Waals surface area contributed by atoms with Crippen LogP contribution in [0, 0.1) is 0 Å². The van der Waals surface area contributed by atoms with Crippen molar-refractivity contribution in [1.82, 2.24) is 19.1 Å². The maximum atomic E-state index is 13.3. The molecule has 0 radical (unpaired) electrons. The number of carbonyl (C=O) groups is 2. The van der Waals surface area contributed by atoms with Crippen LogP contribution in [0.5, 0.6) is 11.6 Å². The molecule has 0 saturated carbocycles. The quantitative estimate of drug-likeness (QED) is 0.231. The lowest BCUT2D eigenvalue weighted by Crippen LogP contribution is -2.43. The molecule has 0 saturated heterocycles. The summed E-state index contributed by atoms with van der Waals surface area (Å²) in [6.07, 6.45) is 1.28. The standard InChI is InChI=1S/C27H24ClN5O6/c1-17(34)19-5-12-23(29-15-19)39-22-10-8-21(9-11-22)30-25-31-26(36)32(14-13-24(35)38-2)27(37)33(25)16-18-3-6-20(28)7-4-18/h3-12,15H,13-14,16H2,1-2H3,(H,30,31,36). The lowest BCUT2D eigenvalue weighted by molar-refractivity contribution is -0.140. The molecule has 0 bridgehead atoms. The second-order valence-electron chi connectivity index (χ2n) is 8.38. The number of esters is 1. The van der Waals surface area contributed by atoms with Crippen molar-refractivity contribution in [2.24, 2.45) is 0 Å². The first-order chi connectivity index (χ1) is 18.7. The number of Topliss-reactive ketones (excluding diaryl/α,β-unsaturated/α-hetero) is 1. The van der Waals surface area contributed by atoms with E-state index in [9.17, 15) is 19.2 Å². The molecule has 0 fully saturated rings. The summed E-state index contributed by atoms with van der Waals surface area (Å²) in [6, 6.07) is 16.8. The lowest BCUT2D eigenvalue weighted by Gasteiger charge is -2.16. The molecule has 1 N–H and O–H groups in total. The lowest BCUT2D eigenvalue weighted by atomic mass is 10.2. The molecule has 200 valence electrons. The van der Waals surface area contributed by atoms with E-state index in [4.69, 9.17) is 16.3 Å². The van der Waals surface area contributed by atoms with Crippen LogP contribution in [0.3, 0.4) is 0 Å². The van der Waals surface area contributed by atoms with Crippen LogP contribution < -0.4 is 21.4 Å². The van der Waals surface area contributed by atoms with Crippen LogP contribution >= 0.6 is 11.6 Å². The van der Waals surface area contributed by atoms with Crippen molar-refractivity contribution in [3.8, 4) is 11.6 Å². The van der Waals surface area contributed by atoms with E-state index in [0.29, 0.717) is 27.9 Å². The van der Waals surface area contributed by atoms with Gasteiger partial charge in [0.2, 0.25) is 11.8 Å². The zero-order valence-electron chi connectivity index (χ0n) is 21.1. The van der Waals surface area contributed by atoms with E-state index < -0.39 is 17.3 Å². The summed E-state index contributed by atoms with van der Waals surface area (Å²) >= 11 is 5.99. The number of nitrogens with one attached hydrogen (secondary N) is 1. The van der Waals surface area contributed by atoms with Gasteiger partial charge in [0.1, 0.15) is 5.75 Å². The highest BCUT2D eigenvalue weighted by Gasteiger charge is 2.15. The Balaban J connectivity index is 1.60. The number of pyridine rings is 1. The number of nitrogens with zero attached hydrogens (tertiary/aromatic N) is 4. The van der Waals surface area contributed by atoms with E-state index in [0.717, 1.165) is 10.1 Å². The van der Waals surface area contributed by atoms with Gasteiger partial charge in [-0.1, -0.05) is 23.7 Å². The molecule has 4 aromatic rings. The van der Waals surface area contributed by atoms with Gasteiger partial charge in [-0.3, -0.25) is 14.2 Å². The number of hydrogen-bond acceptors (Lipinski definition) is 9. The molecule has 2 aromatic heterocycles. The minimum atomic E-state index is -0.807. The first-order valence-corrected chi connectivity index (χ1v) is 12.2. The first-order valence-electron chi connectivity index (χ1n) is 11.8. The van der Waals surface area contributed by atoms with Gasteiger partial charge in [-0.05, 0) is 55.0 Å². The van der Waals surface area contributed by atoms with Crippen molar-refractivity contribution in [2.45, 2.75) is 26.4 Å². The van der Waals surface area contributed by atoms with Crippen molar-refractivity contribution in [1.29, 1.82) is 0 Å².